The highest BCUT2D eigenvalue weighted by Gasteiger charge is 2.52. The summed E-state index contributed by atoms with van der Waals surface area (Å²) in [6, 6.07) is 0. The summed E-state index contributed by atoms with van der Waals surface area (Å²) in [5.41, 5.74) is 0.0403. The number of rotatable bonds is 14. The van der Waals surface area contributed by atoms with Crippen molar-refractivity contribution in [3.05, 3.63) is 24.3 Å². The van der Waals surface area contributed by atoms with Gasteiger partial charge >= 0.3 is 5.97 Å². The predicted octanol–water partition coefficient (Wildman–Crippen LogP) is 7.03. The number of carboxylic acids is 1. The van der Waals surface area contributed by atoms with Crippen LogP contribution in [-0.4, -0.2) is 49.1 Å². The van der Waals surface area contributed by atoms with Crippen LogP contribution in [0.2, 0.25) is 0 Å². The topological polar surface area (TPSA) is 74.2 Å². The van der Waals surface area contributed by atoms with Crippen molar-refractivity contribution in [3.8, 4) is 0 Å². The molecule has 3 aliphatic rings. The minimum absolute atomic E-state index is 0.0403. The largest absolute Gasteiger partial charge is 0.481 e. The Hall–Kier alpha value is -1.21. The van der Waals surface area contributed by atoms with E-state index in [1.807, 2.05) is 6.08 Å². The maximum Gasteiger partial charge on any atom is 0.303 e. The fourth-order valence-corrected chi connectivity index (χ4v) is 5.63. The van der Waals surface area contributed by atoms with Crippen molar-refractivity contribution in [2.45, 2.75) is 122 Å². The third-order valence-corrected chi connectivity index (χ3v) is 7.79. The van der Waals surface area contributed by atoms with E-state index in [-0.39, 0.29) is 30.1 Å². The molecular weight excluding hydrogens is 456 g/mol. The number of carboxylic acid groups (broad SMARTS) is 1. The molecule has 206 valence electrons. The number of unbranched alkanes of at least 4 members (excludes halogenated alkanes) is 2. The number of hydrogen-bond donors (Lipinski definition) is 1. The molecule has 0 aromatic carbocycles. The smallest absolute Gasteiger partial charge is 0.303 e. The molecule has 0 aromatic heterocycles. The van der Waals surface area contributed by atoms with Gasteiger partial charge in [0.1, 0.15) is 0 Å². The van der Waals surface area contributed by atoms with Crippen LogP contribution in [-0.2, 0) is 23.7 Å². The molecule has 0 bridgehead atoms. The summed E-state index contributed by atoms with van der Waals surface area (Å²) in [5.74, 6) is -0.607. The van der Waals surface area contributed by atoms with Crippen molar-refractivity contribution in [2.75, 3.05) is 19.8 Å². The van der Waals surface area contributed by atoms with Gasteiger partial charge in [-0.3, -0.25) is 4.79 Å². The third-order valence-electron chi connectivity index (χ3n) is 7.79. The van der Waals surface area contributed by atoms with Crippen molar-refractivity contribution in [2.24, 2.45) is 17.3 Å². The average molecular weight is 507 g/mol. The molecule has 1 saturated carbocycles. The summed E-state index contributed by atoms with van der Waals surface area (Å²) in [5, 5.41) is 8.87. The van der Waals surface area contributed by atoms with Gasteiger partial charge in [0.05, 0.1) is 19.3 Å². The van der Waals surface area contributed by atoms with Crippen LogP contribution in [0.4, 0.5) is 0 Å². The second-order valence-electron chi connectivity index (χ2n) is 11.7. The van der Waals surface area contributed by atoms with E-state index in [9.17, 15) is 4.79 Å². The third kappa shape index (κ3) is 9.27. The normalized spacial score (nSPS) is 28.8. The van der Waals surface area contributed by atoms with E-state index in [1.54, 1.807) is 0 Å². The summed E-state index contributed by atoms with van der Waals surface area (Å²) in [7, 11) is 0. The molecule has 2 heterocycles. The highest BCUT2D eigenvalue weighted by Crippen LogP contribution is 2.50. The fourth-order valence-electron chi connectivity index (χ4n) is 5.63. The van der Waals surface area contributed by atoms with Gasteiger partial charge in [0, 0.05) is 30.8 Å². The number of allylic oxidation sites excluding steroid dienone is 3. The average Bonchev–Trinajstić information content (AvgIpc) is 3.19. The van der Waals surface area contributed by atoms with Gasteiger partial charge < -0.3 is 24.1 Å². The molecule has 1 spiro atoms. The molecular formula is C30H50O6. The van der Waals surface area contributed by atoms with Crippen LogP contribution in [0.3, 0.4) is 0 Å². The quantitative estimate of drug-likeness (QED) is 0.201. The van der Waals surface area contributed by atoms with Gasteiger partial charge in [0.15, 0.2) is 12.1 Å². The Morgan fingerprint density at radius 1 is 1.11 bits per heavy atom. The molecule has 3 fully saturated rings. The Morgan fingerprint density at radius 2 is 1.89 bits per heavy atom. The minimum atomic E-state index is -0.749. The van der Waals surface area contributed by atoms with Crippen LogP contribution < -0.4 is 0 Å². The Balaban J connectivity index is 1.65. The van der Waals surface area contributed by atoms with Crippen LogP contribution >= 0.6 is 0 Å². The van der Waals surface area contributed by atoms with Crippen molar-refractivity contribution < 1.29 is 28.8 Å². The van der Waals surface area contributed by atoms with E-state index in [1.165, 1.54) is 25.7 Å². The van der Waals surface area contributed by atoms with Gasteiger partial charge in [-0.2, -0.15) is 0 Å². The molecule has 6 nitrogen and oxygen atoms in total. The lowest BCUT2D eigenvalue weighted by atomic mass is 9.85. The molecule has 0 aromatic rings. The van der Waals surface area contributed by atoms with Gasteiger partial charge in [-0.05, 0) is 57.3 Å². The monoisotopic (exact) mass is 506 g/mol. The lowest BCUT2D eigenvalue weighted by Gasteiger charge is -2.45. The summed E-state index contributed by atoms with van der Waals surface area (Å²) in [6.45, 7) is 8.86. The van der Waals surface area contributed by atoms with Crippen LogP contribution in [0.5, 0.6) is 0 Å². The van der Waals surface area contributed by atoms with Gasteiger partial charge in [0.2, 0.25) is 0 Å². The van der Waals surface area contributed by atoms with E-state index in [0.717, 1.165) is 64.8 Å². The number of hydrogen-bond acceptors (Lipinski definition) is 5. The molecule has 3 rings (SSSR count). The lowest BCUT2D eigenvalue weighted by molar-refractivity contribution is -0.316. The Bertz CT molecular complexity index is 698. The maximum atomic E-state index is 10.8. The van der Waals surface area contributed by atoms with Crippen LogP contribution in [0.1, 0.15) is 104 Å². The lowest BCUT2D eigenvalue weighted by Crippen LogP contribution is -2.50. The van der Waals surface area contributed by atoms with Gasteiger partial charge in [-0.25, -0.2) is 0 Å². The summed E-state index contributed by atoms with van der Waals surface area (Å²) in [6.07, 6.45) is 21.3. The fraction of sp³-hybridized carbons (Fsp3) is 0.833. The van der Waals surface area contributed by atoms with Crippen molar-refractivity contribution >= 4 is 5.97 Å². The van der Waals surface area contributed by atoms with E-state index < -0.39 is 11.8 Å². The number of aliphatic carboxylic acids is 1. The first-order valence-electron chi connectivity index (χ1n) is 14.4. The zero-order valence-electron chi connectivity index (χ0n) is 22.9. The molecule has 2 unspecified atom stereocenters. The highest BCUT2D eigenvalue weighted by molar-refractivity contribution is 5.66. The maximum absolute atomic E-state index is 10.8. The number of ether oxygens (including phenoxy) is 4. The first kappa shape index (κ1) is 29.3. The molecule has 4 atom stereocenters. The van der Waals surface area contributed by atoms with E-state index in [4.69, 9.17) is 24.1 Å². The Morgan fingerprint density at radius 3 is 2.58 bits per heavy atom. The van der Waals surface area contributed by atoms with Gasteiger partial charge in [-0.1, -0.05) is 64.3 Å². The first-order chi connectivity index (χ1) is 17.3. The van der Waals surface area contributed by atoms with E-state index >= 15 is 0 Å². The first-order valence-corrected chi connectivity index (χ1v) is 14.4. The standard InChI is InChI=1S/C30H50O6/c1-4-5-8-13-25(36-28-16-11-12-21-33-28)18-17-24-19-20-30(34-22-29(2,3)23-35-30)26(24)14-9-6-7-10-15-27(31)32/h6-7,17-18,24-26,28H,4-5,8-16,19-23H2,1-3H3,(H,31,32)/t24-,25?,26+,28?/m1/s1. The highest BCUT2D eigenvalue weighted by atomic mass is 16.7. The molecule has 6 heteroatoms. The summed E-state index contributed by atoms with van der Waals surface area (Å²) in [4.78, 5) is 10.8. The van der Waals surface area contributed by atoms with Crippen molar-refractivity contribution in [3.63, 3.8) is 0 Å². The molecule has 2 saturated heterocycles. The molecule has 1 N–H and O–H groups in total. The SMILES string of the molecule is CCCCCC(C=C[C@@H]1CCC2(OCC(C)(C)CO2)[C@H]1CCC=CCCC(=O)O)OC1CCCCO1. The number of carbonyl (C=O) groups is 1. The van der Waals surface area contributed by atoms with Gasteiger partial charge in [0.25, 0.3) is 0 Å². The minimum Gasteiger partial charge on any atom is -0.481 e. The molecule has 0 radical (unpaired) electrons. The summed E-state index contributed by atoms with van der Waals surface area (Å²) >= 11 is 0. The molecule has 2 aliphatic heterocycles. The van der Waals surface area contributed by atoms with Crippen LogP contribution in [0, 0.1) is 17.3 Å². The second-order valence-corrected chi connectivity index (χ2v) is 11.7. The van der Waals surface area contributed by atoms with E-state index in [2.05, 4.69) is 39.0 Å². The van der Waals surface area contributed by atoms with Crippen molar-refractivity contribution in [1.82, 2.24) is 0 Å². The predicted molar refractivity (Wildman–Crippen MR) is 142 cm³/mol. The molecule has 36 heavy (non-hydrogen) atoms. The second kappa shape index (κ2) is 14.7. The van der Waals surface area contributed by atoms with E-state index in [0.29, 0.717) is 12.3 Å². The molecule has 1 aliphatic carbocycles. The van der Waals surface area contributed by atoms with Crippen LogP contribution in [0.15, 0.2) is 24.3 Å². The van der Waals surface area contributed by atoms with Crippen LogP contribution in [0.25, 0.3) is 0 Å². The Kier molecular flexibility index (Phi) is 11.9. The molecule has 0 amide bonds. The summed E-state index contributed by atoms with van der Waals surface area (Å²) < 4.78 is 25.3. The van der Waals surface area contributed by atoms with Crippen molar-refractivity contribution in [1.29, 1.82) is 0 Å². The zero-order valence-corrected chi connectivity index (χ0v) is 22.9. The zero-order chi connectivity index (χ0) is 25.9. The Labute approximate surface area is 218 Å². The van der Waals surface area contributed by atoms with Gasteiger partial charge in [-0.15, -0.1) is 0 Å².